The van der Waals surface area contributed by atoms with Gasteiger partial charge in [0, 0.05) is 5.92 Å². The van der Waals surface area contributed by atoms with E-state index in [2.05, 4.69) is 24.0 Å². The molecule has 0 saturated heterocycles. The number of unbranched alkanes of at least 4 members (excludes halogenated alkanes) is 1. The zero-order valence-electron chi connectivity index (χ0n) is 11.6. The van der Waals surface area contributed by atoms with Gasteiger partial charge < -0.3 is 10.3 Å². The molecule has 0 amide bonds. The Hall–Kier alpha value is -0.900. The normalized spacial score (nSPS) is 26.2. The largest absolute Gasteiger partial charge is 0.338 e. The van der Waals surface area contributed by atoms with Crippen molar-refractivity contribution in [3.63, 3.8) is 0 Å². The van der Waals surface area contributed by atoms with Gasteiger partial charge in [-0.2, -0.15) is 4.98 Å². The summed E-state index contributed by atoms with van der Waals surface area (Å²) in [7, 11) is 0. The third-order valence-corrected chi connectivity index (χ3v) is 3.94. The van der Waals surface area contributed by atoms with Gasteiger partial charge in [-0.25, -0.2) is 0 Å². The van der Waals surface area contributed by atoms with E-state index in [9.17, 15) is 0 Å². The highest BCUT2D eigenvalue weighted by molar-refractivity contribution is 4.99. The first kappa shape index (κ1) is 13.5. The average Bonchev–Trinajstić information content (AvgIpc) is 2.85. The summed E-state index contributed by atoms with van der Waals surface area (Å²) in [5.74, 6) is 2.75. The lowest BCUT2D eigenvalue weighted by molar-refractivity contribution is 0.314. The molecule has 1 heterocycles. The van der Waals surface area contributed by atoms with E-state index in [-0.39, 0.29) is 6.04 Å². The monoisotopic (exact) mass is 251 g/mol. The molecule has 0 bridgehead atoms. The summed E-state index contributed by atoms with van der Waals surface area (Å²) in [5, 5.41) is 4.14. The Balaban J connectivity index is 1.96. The zero-order chi connectivity index (χ0) is 13.0. The van der Waals surface area contributed by atoms with Gasteiger partial charge in [0.1, 0.15) is 0 Å². The minimum Gasteiger partial charge on any atom is -0.338 e. The summed E-state index contributed by atoms with van der Waals surface area (Å²) in [6.07, 6.45) is 8.17. The molecule has 102 valence electrons. The van der Waals surface area contributed by atoms with E-state index in [0.29, 0.717) is 11.8 Å². The molecule has 1 aliphatic carbocycles. The van der Waals surface area contributed by atoms with Gasteiger partial charge in [-0.1, -0.05) is 44.7 Å². The van der Waals surface area contributed by atoms with Crippen LogP contribution in [0, 0.1) is 5.92 Å². The molecule has 2 rings (SSSR count). The summed E-state index contributed by atoms with van der Waals surface area (Å²) < 4.78 is 5.33. The van der Waals surface area contributed by atoms with Crippen molar-refractivity contribution in [2.24, 2.45) is 11.7 Å². The Labute approximate surface area is 109 Å². The number of rotatable bonds is 5. The molecule has 0 aromatic carbocycles. The molecule has 1 aromatic heterocycles. The highest BCUT2D eigenvalue weighted by Crippen LogP contribution is 2.34. The van der Waals surface area contributed by atoms with Crippen LogP contribution in [-0.4, -0.2) is 10.1 Å². The maximum atomic E-state index is 6.05. The maximum Gasteiger partial charge on any atom is 0.243 e. The van der Waals surface area contributed by atoms with E-state index in [1.807, 2.05) is 0 Å². The second-order valence-electron chi connectivity index (χ2n) is 5.71. The molecule has 2 N–H and O–H groups in total. The lowest BCUT2D eigenvalue weighted by atomic mass is 9.82. The molecular weight excluding hydrogens is 226 g/mol. The molecule has 1 fully saturated rings. The van der Waals surface area contributed by atoms with Crippen LogP contribution in [0.2, 0.25) is 0 Å². The lowest BCUT2D eigenvalue weighted by Crippen LogP contribution is -2.14. The zero-order valence-corrected chi connectivity index (χ0v) is 11.6. The molecule has 18 heavy (non-hydrogen) atoms. The van der Waals surface area contributed by atoms with Crippen molar-refractivity contribution < 1.29 is 4.52 Å². The molecule has 1 aliphatic rings. The van der Waals surface area contributed by atoms with Crippen LogP contribution in [0.15, 0.2) is 4.52 Å². The summed E-state index contributed by atoms with van der Waals surface area (Å²) in [6.45, 7) is 4.47. The highest BCUT2D eigenvalue weighted by atomic mass is 16.5. The molecule has 0 radical (unpaired) electrons. The third-order valence-electron chi connectivity index (χ3n) is 3.94. The smallest absolute Gasteiger partial charge is 0.243 e. The topological polar surface area (TPSA) is 64.9 Å². The highest BCUT2D eigenvalue weighted by Gasteiger charge is 2.25. The van der Waals surface area contributed by atoms with Gasteiger partial charge in [0.05, 0.1) is 6.04 Å². The first-order valence-electron chi connectivity index (χ1n) is 7.29. The van der Waals surface area contributed by atoms with Crippen LogP contribution in [-0.2, 0) is 0 Å². The van der Waals surface area contributed by atoms with Crippen LogP contribution >= 0.6 is 0 Å². The van der Waals surface area contributed by atoms with E-state index >= 15 is 0 Å². The van der Waals surface area contributed by atoms with E-state index in [4.69, 9.17) is 10.3 Å². The Morgan fingerprint density at radius 2 is 2.28 bits per heavy atom. The number of nitrogens with zero attached hydrogens (tertiary/aromatic N) is 2. The van der Waals surface area contributed by atoms with E-state index in [1.165, 1.54) is 25.7 Å². The van der Waals surface area contributed by atoms with Crippen molar-refractivity contribution in [3.8, 4) is 0 Å². The van der Waals surface area contributed by atoms with Crippen molar-refractivity contribution in [2.45, 2.75) is 70.8 Å². The molecular formula is C14H25N3O. The van der Waals surface area contributed by atoms with Crippen LogP contribution in [0.4, 0.5) is 0 Å². The minimum atomic E-state index is -0.0905. The predicted molar refractivity (Wildman–Crippen MR) is 71.1 cm³/mol. The molecule has 4 nitrogen and oxygen atoms in total. The van der Waals surface area contributed by atoms with Gasteiger partial charge in [-0.05, 0) is 25.2 Å². The van der Waals surface area contributed by atoms with Crippen molar-refractivity contribution in [1.29, 1.82) is 0 Å². The van der Waals surface area contributed by atoms with Gasteiger partial charge in [0.15, 0.2) is 5.82 Å². The first-order valence-corrected chi connectivity index (χ1v) is 7.29. The third kappa shape index (κ3) is 3.31. The van der Waals surface area contributed by atoms with Gasteiger partial charge in [0.25, 0.3) is 0 Å². The molecule has 4 heteroatoms. The van der Waals surface area contributed by atoms with Crippen molar-refractivity contribution in [3.05, 3.63) is 11.7 Å². The van der Waals surface area contributed by atoms with Crippen LogP contribution in [0.1, 0.15) is 82.5 Å². The minimum absolute atomic E-state index is 0.0905. The van der Waals surface area contributed by atoms with E-state index < -0.39 is 0 Å². The summed E-state index contributed by atoms with van der Waals surface area (Å²) >= 11 is 0. The molecule has 0 spiro atoms. The molecule has 2 unspecified atom stereocenters. The Morgan fingerprint density at radius 3 is 3.00 bits per heavy atom. The summed E-state index contributed by atoms with van der Waals surface area (Å²) in [6, 6.07) is -0.0905. The quantitative estimate of drug-likeness (QED) is 0.869. The van der Waals surface area contributed by atoms with Crippen LogP contribution < -0.4 is 5.73 Å². The van der Waals surface area contributed by atoms with Crippen LogP contribution in [0.3, 0.4) is 0 Å². The van der Waals surface area contributed by atoms with Crippen molar-refractivity contribution in [1.82, 2.24) is 10.1 Å². The Bertz CT molecular complexity index is 364. The van der Waals surface area contributed by atoms with Gasteiger partial charge in [-0.15, -0.1) is 0 Å². The fraction of sp³-hybridized carbons (Fsp3) is 0.857. The van der Waals surface area contributed by atoms with Gasteiger partial charge >= 0.3 is 0 Å². The maximum absolute atomic E-state index is 6.05. The second kappa shape index (κ2) is 6.32. The SMILES string of the molecule is CCCC[C@H](N)c1nc(C2CCCC(C)C2)no1. The number of nitrogens with two attached hydrogens (primary N) is 1. The lowest BCUT2D eigenvalue weighted by Gasteiger charge is -2.23. The fourth-order valence-electron chi connectivity index (χ4n) is 2.78. The number of hydrogen-bond donors (Lipinski definition) is 1. The van der Waals surface area contributed by atoms with E-state index in [1.54, 1.807) is 0 Å². The van der Waals surface area contributed by atoms with Gasteiger partial charge in [0.2, 0.25) is 5.89 Å². The predicted octanol–water partition coefficient (Wildman–Crippen LogP) is 3.55. The molecule has 0 aliphatic heterocycles. The Morgan fingerprint density at radius 1 is 1.44 bits per heavy atom. The molecule has 3 atom stereocenters. The van der Waals surface area contributed by atoms with Crippen molar-refractivity contribution in [2.75, 3.05) is 0 Å². The second-order valence-corrected chi connectivity index (χ2v) is 5.71. The number of aromatic nitrogens is 2. The average molecular weight is 251 g/mol. The van der Waals surface area contributed by atoms with E-state index in [0.717, 1.165) is 31.0 Å². The van der Waals surface area contributed by atoms with Crippen molar-refractivity contribution >= 4 is 0 Å². The first-order chi connectivity index (χ1) is 8.70. The van der Waals surface area contributed by atoms with Gasteiger partial charge in [-0.3, -0.25) is 0 Å². The number of hydrogen-bond acceptors (Lipinski definition) is 4. The van der Waals surface area contributed by atoms with Crippen LogP contribution in [0.25, 0.3) is 0 Å². The Kier molecular flexibility index (Phi) is 4.75. The molecule has 1 saturated carbocycles. The summed E-state index contributed by atoms with van der Waals surface area (Å²) in [4.78, 5) is 4.52. The summed E-state index contributed by atoms with van der Waals surface area (Å²) in [5.41, 5.74) is 6.05. The molecule has 1 aromatic rings. The van der Waals surface area contributed by atoms with Crippen LogP contribution in [0.5, 0.6) is 0 Å². The fourth-order valence-corrected chi connectivity index (χ4v) is 2.78. The standard InChI is InChI=1S/C14H25N3O/c1-3-4-8-12(15)14-16-13(17-18-14)11-7-5-6-10(2)9-11/h10-12H,3-9,15H2,1-2H3/t10?,11?,12-/m0/s1.